The molecule has 0 aliphatic carbocycles. The van der Waals surface area contributed by atoms with Crippen LogP contribution in [0.3, 0.4) is 0 Å². The Bertz CT molecular complexity index is 471. The molecule has 0 radical (unpaired) electrons. The van der Waals surface area contributed by atoms with Gasteiger partial charge in [0.05, 0.1) is 16.8 Å². The van der Waals surface area contributed by atoms with Crippen molar-refractivity contribution in [2.45, 2.75) is 12.5 Å². The van der Waals surface area contributed by atoms with Crippen LogP contribution in [0.4, 0.5) is 0 Å². The van der Waals surface area contributed by atoms with Gasteiger partial charge in [-0.3, -0.25) is 0 Å². The molecule has 1 fully saturated rings. The van der Waals surface area contributed by atoms with E-state index in [1.807, 2.05) is 12.1 Å². The Morgan fingerprint density at radius 1 is 1.29 bits per heavy atom. The lowest BCUT2D eigenvalue weighted by molar-refractivity contribution is 0.377. The maximum atomic E-state index is 6.29. The van der Waals surface area contributed by atoms with Crippen LogP contribution in [0.1, 0.15) is 18.2 Å². The molecule has 0 spiro atoms. The highest BCUT2D eigenvalue weighted by Crippen LogP contribution is 2.34. The molecule has 1 aliphatic heterocycles. The second-order valence-corrected chi connectivity index (χ2v) is 4.07. The highest BCUT2D eigenvalue weighted by atomic mass is 35.5. The molecule has 3 heteroatoms. The average Bonchev–Trinajstić information content (AvgIpc) is 2.43. The van der Waals surface area contributed by atoms with E-state index in [1.165, 1.54) is 6.42 Å². The lowest BCUT2D eigenvalue weighted by Gasteiger charge is -2.26. The first-order valence-corrected chi connectivity index (χ1v) is 5.23. The monoisotopic (exact) mass is 206 g/mol. The third kappa shape index (κ3) is 1.08. The molecule has 2 aromatic rings. The molecule has 2 nitrogen and oxygen atoms in total. The zero-order valence-corrected chi connectivity index (χ0v) is 8.43. The van der Waals surface area contributed by atoms with Crippen molar-refractivity contribution in [2.75, 3.05) is 6.54 Å². The minimum Gasteiger partial charge on any atom is -0.356 e. The molecule has 0 saturated carbocycles. The van der Waals surface area contributed by atoms with Crippen molar-refractivity contribution in [3.05, 3.63) is 35.0 Å². The second kappa shape index (κ2) is 3.01. The number of H-pyrrole nitrogens is 1. The summed E-state index contributed by atoms with van der Waals surface area (Å²) in [5.41, 5.74) is 2.26. The van der Waals surface area contributed by atoms with E-state index in [9.17, 15) is 0 Å². The van der Waals surface area contributed by atoms with Crippen molar-refractivity contribution in [1.29, 1.82) is 0 Å². The number of fused-ring (bicyclic) bond motifs is 1. The van der Waals surface area contributed by atoms with Gasteiger partial charge in [0, 0.05) is 10.9 Å². The Hall–Kier alpha value is -0.990. The van der Waals surface area contributed by atoms with E-state index in [1.54, 1.807) is 0 Å². The van der Waals surface area contributed by atoms with Gasteiger partial charge < -0.3 is 10.3 Å². The van der Waals surface area contributed by atoms with Crippen molar-refractivity contribution in [3.63, 3.8) is 0 Å². The van der Waals surface area contributed by atoms with Crippen molar-refractivity contribution in [2.24, 2.45) is 0 Å². The third-order valence-electron chi connectivity index (χ3n) is 2.84. The van der Waals surface area contributed by atoms with Crippen molar-refractivity contribution < 1.29 is 0 Å². The molecule has 1 aromatic heterocycles. The molecule has 2 N–H and O–H groups in total. The van der Waals surface area contributed by atoms with Crippen LogP contribution >= 0.6 is 11.6 Å². The van der Waals surface area contributed by atoms with E-state index >= 15 is 0 Å². The van der Waals surface area contributed by atoms with E-state index in [0.29, 0.717) is 6.04 Å². The van der Waals surface area contributed by atoms with Gasteiger partial charge in [0.1, 0.15) is 0 Å². The highest BCUT2D eigenvalue weighted by molar-refractivity contribution is 6.36. The molecule has 0 unspecified atom stereocenters. The summed E-state index contributed by atoms with van der Waals surface area (Å²) in [4.78, 5) is 3.37. The highest BCUT2D eigenvalue weighted by Gasteiger charge is 2.23. The van der Waals surface area contributed by atoms with Crippen LogP contribution in [0, 0.1) is 0 Å². The van der Waals surface area contributed by atoms with Gasteiger partial charge in [0.2, 0.25) is 0 Å². The molecule has 3 rings (SSSR count). The van der Waals surface area contributed by atoms with Gasteiger partial charge in [-0.2, -0.15) is 0 Å². The number of para-hydroxylation sites is 1. The Labute approximate surface area is 87.3 Å². The van der Waals surface area contributed by atoms with Crippen LogP contribution in [0.2, 0.25) is 5.02 Å². The second-order valence-electron chi connectivity index (χ2n) is 3.69. The fourth-order valence-electron chi connectivity index (χ4n) is 1.90. The number of halogens is 1. The predicted octanol–water partition coefficient (Wildman–Crippen LogP) is 2.86. The minimum atomic E-state index is 0.426. The van der Waals surface area contributed by atoms with E-state index < -0.39 is 0 Å². The molecule has 0 amide bonds. The van der Waals surface area contributed by atoms with Gasteiger partial charge in [-0.15, -0.1) is 0 Å². The number of aromatic nitrogens is 1. The summed E-state index contributed by atoms with van der Waals surface area (Å²) in [6.07, 6.45) is 1.17. The smallest absolute Gasteiger partial charge is 0.0708 e. The lowest BCUT2D eigenvalue weighted by Crippen LogP contribution is -2.35. The first-order chi connectivity index (χ1) is 6.86. The van der Waals surface area contributed by atoms with Crippen LogP contribution in [0.5, 0.6) is 0 Å². The molecule has 1 aliphatic rings. The summed E-state index contributed by atoms with van der Waals surface area (Å²) in [6, 6.07) is 8.57. The molecule has 1 saturated heterocycles. The van der Waals surface area contributed by atoms with Crippen LogP contribution in [-0.4, -0.2) is 11.5 Å². The van der Waals surface area contributed by atoms with Gasteiger partial charge in [0.15, 0.2) is 0 Å². The molecular weight excluding hydrogens is 196 g/mol. The summed E-state index contributed by atoms with van der Waals surface area (Å²) < 4.78 is 0. The summed E-state index contributed by atoms with van der Waals surface area (Å²) in [6.45, 7) is 1.09. The normalized spacial score (nSPS) is 21.1. The SMILES string of the molecule is Clc1c([C@@H]2CCN2)[nH]c2ccccc12. The molecule has 1 aromatic carbocycles. The first-order valence-electron chi connectivity index (χ1n) is 4.86. The average molecular weight is 207 g/mol. The van der Waals surface area contributed by atoms with Crippen molar-refractivity contribution in [3.8, 4) is 0 Å². The fourth-order valence-corrected chi connectivity index (χ4v) is 2.25. The van der Waals surface area contributed by atoms with Crippen LogP contribution in [-0.2, 0) is 0 Å². The van der Waals surface area contributed by atoms with Gasteiger partial charge >= 0.3 is 0 Å². The van der Waals surface area contributed by atoms with E-state index in [2.05, 4.69) is 22.4 Å². The van der Waals surface area contributed by atoms with Crippen molar-refractivity contribution >= 4 is 22.5 Å². The zero-order chi connectivity index (χ0) is 9.54. The first kappa shape index (κ1) is 8.33. The summed E-state index contributed by atoms with van der Waals surface area (Å²) >= 11 is 6.29. The van der Waals surface area contributed by atoms with Crippen LogP contribution in [0.15, 0.2) is 24.3 Å². The standard InChI is InChI=1S/C11H11ClN2/c12-10-7-3-1-2-4-8(7)14-11(10)9-5-6-13-9/h1-4,9,13-14H,5-6H2/t9-/m0/s1. The molecule has 0 bridgehead atoms. The van der Waals surface area contributed by atoms with Crippen molar-refractivity contribution in [1.82, 2.24) is 10.3 Å². The summed E-state index contributed by atoms with van der Waals surface area (Å²) in [5, 5.41) is 5.34. The van der Waals surface area contributed by atoms with Crippen LogP contribution in [0.25, 0.3) is 10.9 Å². The summed E-state index contributed by atoms with van der Waals surface area (Å²) in [7, 11) is 0. The van der Waals surface area contributed by atoms with E-state index in [-0.39, 0.29) is 0 Å². The van der Waals surface area contributed by atoms with Gasteiger partial charge in [-0.1, -0.05) is 29.8 Å². The molecule has 2 heterocycles. The molecule has 72 valence electrons. The molecule has 14 heavy (non-hydrogen) atoms. The van der Waals surface area contributed by atoms with Crippen LogP contribution < -0.4 is 5.32 Å². The third-order valence-corrected chi connectivity index (χ3v) is 3.25. The molecule has 1 atom stereocenters. The topological polar surface area (TPSA) is 27.8 Å². The maximum Gasteiger partial charge on any atom is 0.0708 e. The Morgan fingerprint density at radius 2 is 2.07 bits per heavy atom. The number of aromatic amines is 1. The minimum absolute atomic E-state index is 0.426. The number of hydrogen-bond acceptors (Lipinski definition) is 1. The zero-order valence-electron chi connectivity index (χ0n) is 7.68. The number of hydrogen-bond donors (Lipinski definition) is 2. The Kier molecular flexibility index (Phi) is 1.79. The van der Waals surface area contributed by atoms with E-state index in [0.717, 1.165) is 28.2 Å². The lowest BCUT2D eigenvalue weighted by atomic mass is 10.0. The predicted molar refractivity (Wildman–Crippen MR) is 58.7 cm³/mol. The summed E-state index contributed by atoms with van der Waals surface area (Å²) in [5.74, 6) is 0. The van der Waals surface area contributed by atoms with Gasteiger partial charge in [-0.25, -0.2) is 0 Å². The quantitative estimate of drug-likeness (QED) is 0.738. The van der Waals surface area contributed by atoms with Gasteiger partial charge in [0.25, 0.3) is 0 Å². The fraction of sp³-hybridized carbons (Fsp3) is 0.273. The Balaban J connectivity index is 2.19. The maximum absolute atomic E-state index is 6.29. The number of nitrogens with one attached hydrogen (secondary N) is 2. The van der Waals surface area contributed by atoms with Gasteiger partial charge in [-0.05, 0) is 19.0 Å². The number of benzene rings is 1. The van der Waals surface area contributed by atoms with E-state index in [4.69, 9.17) is 11.6 Å². The number of rotatable bonds is 1. The Morgan fingerprint density at radius 3 is 2.71 bits per heavy atom. The largest absolute Gasteiger partial charge is 0.356 e. The molecular formula is C11H11ClN2.